The van der Waals surface area contributed by atoms with Crippen molar-refractivity contribution in [2.24, 2.45) is 0 Å². The number of anilines is 1. The topological polar surface area (TPSA) is 90.1 Å². The van der Waals surface area contributed by atoms with Crippen molar-refractivity contribution in [3.63, 3.8) is 0 Å². The number of fused-ring (bicyclic) bond motifs is 1. The van der Waals surface area contributed by atoms with Crippen molar-refractivity contribution in [1.82, 2.24) is 19.8 Å². The maximum absolute atomic E-state index is 12.8. The van der Waals surface area contributed by atoms with Crippen LogP contribution in [0.2, 0.25) is 0 Å². The number of aryl methyl sites for hydroxylation is 1. The first kappa shape index (κ1) is 15.1. The van der Waals surface area contributed by atoms with Crippen molar-refractivity contribution in [1.29, 1.82) is 0 Å². The van der Waals surface area contributed by atoms with Gasteiger partial charge in [0.2, 0.25) is 0 Å². The van der Waals surface area contributed by atoms with Gasteiger partial charge < -0.3 is 0 Å². The van der Waals surface area contributed by atoms with Crippen LogP contribution in [0.1, 0.15) is 25.8 Å². The van der Waals surface area contributed by atoms with E-state index in [2.05, 4.69) is 10.4 Å². The summed E-state index contributed by atoms with van der Waals surface area (Å²) in [6.07, 6.45) is 1.69. The molecule has 8 heteroatoms. The summed E-state index contributed by atoms with van der Waals surface area (Å²) >= 11 is 0. The van der Waals surface area contributed by atoms with Gasteiger partial charge in [0.25, 0.3) is 0 Å². The van der Waals surface area contributed by atoms with E-state index in [9.17, 15) is 14.4 Å². The average molecular weight is 315 g/mol. The van der Waals surface area contributed by atoms with E-state index < -0.39 is 11.7 Å². The van der Waals surface area contributed by atoms with E-state index in [1.165, 1.54) is 6.92 Å². The minimum absolute atomic E-state index is 0.0535. The highest BCUT2D eigenvalue weighted by Crippen LogP contribution is 2.30. The maximum atomic E-state index is 12.8. The Labute approximate surface area is 132 Å². The summed E-state index contributed by atoms with van der Waals surface area (Å²) in [5.74, 6) is -0.233. The fraction of sp³-hybridized carbons (Fsp3) is 0.400. The van der Waals surface area contributed by atoms with Crippen LogP contribution in [0.15, 0.2) is 29.1 Å². The summed E-state index contributed by atoms with van der Waals surface area (Å²) in [4.78, 5) is 37.7. The molecule has 120 valence electrons. The highest BCUT2D eigenvalue weighted by molar-refractivity contribution is 5.94. The van der Waals surface area contributed by atoms with Crippen LogP contribution in [0, 0.1) is 0 Å². The second-order valence-electron chi connectivity index (χ2n) is 5.70. The van der Waals surface area contributed by atoms with Crippen molar-refractivity contribution in [2.75, 3.05) is 4.90 Å². The molecule has 0 fully saturated rings. The molecule has 1 aliphatic rings. The molecule has 0 N–H and O–H groups in total. The Hall–Kier alpha value is -2.77. The molecule has 0 aliphatic carbocycles. The molecule has 0 bridgehead atoms. The number of aromatic nitrogens is 4. The summed E-state index contributed by atoms with van der Waals surface area (Å²) in [6, 6.07) is 7.00. The molecule has 2 aromatic rings. The zero-order chi connectivity index (χ0) is 16.6. The van der Waals surface area contributed by atoms with Gasteiger partial charge in [-0.15, -0.1) is 4.68 Å². The quantitative estimate of drug-likeness (QED) is 0.766. The van der Waals surface area contributed by atoms with Crippen LogP contribution >= 0.6 is 0 Å². The minimum atomic E-state index is -0.708. The molecule has 0 spiro atoms. The summed E-state index contributed by atoms with van der Waals surface area (Å²) in [5, 5.41) is 7.23. The number of hydrogen-bond donors (Lipinski definition) is 0. The summed E-state index contributed by atoms with van der Waals surface area (Å²) in [6.45, 7) is 3.08. The highest BCUT2D eigenvalue weighted by Gasteiger charge is 2.31. The molecule has 3 rings (SSSR count). The molecule has 2 heterocycles. The van der Waals surface area contributed by atoms with E-state index in [1.807, 2.05) is 31.2 Å². The lowest BCUT2D eigenvalue weighted by Gasteiger charge is -2.34. The number of ketones is 1. The van der Waals surface area contributed by atoms with E-state index >= 15 is 0 Å². The molecule has 0 radical (unpaired) electrons. The molecule has 1 atom stereocenters. The zero-order valence-electron chi connectivity index (χ0n) is 13.0. The fourth-order valence-electron chi connectivity index (χ4n) is 2.79. The lowest BCUT2D eigenvalue weighted by molar-refractivity contribution is -0.117. The number of para-hydroxylation sites is 1. The largest absolute Gasteiger partial charge is 0.372 e. The molecular formula is C15H17N5O3. The van der Waals surface area contributed by atoms with Crippen LogP contribution in [0.4, 0.5) is 10.5 Å². The van der Waals surface area contributed by atoms with Crippen LogP contribution in [-0.4, -0.2) is 37.6 Å². The van der Waals surface area contributed by atoms with E-state index in [1.54, 1.807) is 4.90 Å². The SMILES string of the molecule is CC(=O)Cn1nnn(C(=O)N2c3ccccc3CCC2C)c1=O. The second kappa shape index (κ2) is 5.79. The number of nitrogens with zero attached hydrogens (tertiary/aromatic N) is 5. The first-order valence-electron chi connectivity index (χ1n) is 7.42. The number of carbonyl (C=O) groups excluding carboxylic acids is 2. The van der Waals surface area contributed by atoms with Crippen molar-refractivity contribution in [2.45, 2.75) is 39.3 Å². The summed E-state index contributed by atoms with van der Waals surface area (Å²) in [7, 11) is 0. The lowest BCUT2D eigenvalue weighted by atomic mass is 9.97. The molecular weight excluding hydrogens is 298 g/mol. The average Bonchev–Trinajstić information content (AvgIpc) is 2.87. The zero-order valence-corrected chi connectivity index (χ0v) is 13.0. The number of tetrazole rings is 1. The van der Waals surface area contributed by atoms with Crippen LogP contribution in [-0.2, 0) is 17.8 Å². The second-order valence-corrected chi connectivity index (χ2v) is 5.70. The Morgan fingerprint density at radius 2 is 2.00 bits per heavy atom. The lowest BCUT2D eigenvalue weighted by Crippen LogP contribution is -2.47. The first-order valence-corrected chi connectivity index (χ1v) is 7.42. The molecule has 0 saturated carbocycles. The third-order valence-corrected chi connectivity index (χ3v) is 3.92. The first-order chi connectivity index (χ1) is 11.0. The minimum Gasteiger partial charge on any atom is -0.298 e. The number of amides is 1. The van der Waals surface area contributed by atoms with E-state index in [0.29, 0.717) is 4.68 Å². The fourth-order valence-corrected chi connectivity index (χ4v) is 2.79. The van der Waals surface area contributed by atoms with Crippen LogP contribution in [0.3, 0.4) is 0 Å². The third-order valence-electron chi connectivity index (χ3n) is 3.92. The van der Waals surface area contributed by atoms with Crippen molar-refractivity contribution >= 4 is 17.5 Å². The Morgan fingerprint density at radius 1 is 1.26 bits per heavy atom. The van der Waals surface area contributed by atoms with Gasteiger partial charge in [-0.25, -0.2) is 9.59 Å². The normalized spacial score (nSPS) is 17.0. The van der Waals surface area contributed by atoms with Gasteiger partial charge in [-0.1, -0.05) is 18.2 Å². The van der Waals surface area contributed by atoms with E-state index in [-0.39, 0.29) is 18.4 Å². The number of benzene rings is 1. The Kier molecular flexibility index (Phi) is 3.81. The predicted molar refractivity (Wildman–Crippen MR) is 82.5 cm³/mol. The van der Waals surface area contributed by atoms with Gasteiger partial charge in [0.15, 0.2) is 5.78 Å². The Morgan fingerprint density at radius 3 is 2.74 bits per heavy atom. The van der Waals surface area contributed by atoms with Gasteiger partial charge in [0.05, 0.1) is 0 Å². The molecule has 1 unspecified atom stereocenters. The predicted octanol–water partition coefficient (Wildman–Crippen LogP) is 0.838. The van der Waals surface area contributed by atoms with E-state index in [0.717, 1.165) is 28.8 Å². The van der Waals surface area contributed by atoms with Gasteiger partial charge >= 0.3 is 11.7 Å². The molecule has 0 saturated heterocycles. The molecule has 23 heavy (non-hydrogen) atoms. The number of rotatable bonds is 2. The molecule has 8 nitrogen and oxygen atoms in total. The van der Waals surface area contributed by atoms with Gasteiger partial charge in [0.1, 0.15) is 6.54 Å². The summed E-state index contributed by atoms with van der Waals surface area (Å²) < 4.78 is 1.60. The Balaban J connectivity index is 1.99. The van der Waals surface area contributed by atoms with E-state index in [4.69, 9.17) is 0 Å². The highest BCUT2D eigenvalue weighted by atomic mass is 16.2. The molecule has 1 aromatic carbocycles. The summed E-state index contributed by atoms with van der Waals surface area (Å²) in [5.41, 5.74) is 1.13. The molecule has 1 amide bonds. The number of hydrogen-bond acceptors (Lipinski definition) is 5. The standard InChI is InChI=1S/C15H17N5O3/c1-10-7-8-12-5-3-4-6-13(12)19(10)15(23)20-14(22)18(16-17-20)9-11(2)21/h3-6,10H,7-9H2,1-2H3. The molecule has 1 aliphatic heterocycles. The van der Waals surface area contributed by atoms with Gasteiger partial charge in [-0.05, 0) is 48.7 Å². The molecule has 1 aromatic heterocycles. The smallest absolute Gasteiger partial charge is 0.298 e. The van der Waals surface area contributed by atoms with Crippen molar-refractivity contribution in [3.05, 3.63) is 40.3 Å². The van der Waals surface area contributed by atoms with Gasteiger partial charge in [-0.3, -0.25) is 9.69 Å². The van der Waals surface area contributed by atoms with Crippen LogP contribution in [0.25, 0.3) is 0 Å². The Bertz CT molecular complexity index is 823. The van der Waals surface area contributed by atoms with Crippen LogP contribution < -0.4 is 10.6 Å². The van der Waals surface area contributed by atoms with Crippen molar-refractivity contribution in [3.8, 4) is 0 Å². The number of Topliss-reactive ketones (excluding diaryl/α,β-unsaturated/α-hetero) is 1. The monoisotopic (exact) mass is 315 g/mol. The van der Waals surface area contributed by atoms with Crippen LogP contribution in [0.5, 0.6) is 0 Å². The van der Waals surface area contributed by atoms with Crippen molar-refractivity contribution < 1.29 is 9.59 Å². The van der Waals surface area contributed by atoms with Gasteiger partial charge in [0, 0.05) is 11.7 Å². The maximum Gasteiger partial charge on any atom is 0.372 e. The number of carbonyl (C=O) groups is 2. The third kappa shape index (κ3) is 2.67. The van der Waals surface area contributed by atoms with Gasteiger partial charge in [-0.2, -0.15) is 4.68 Å².